The lowest BCUT2D eigenvalue weighted by Gasteiger charge is -2.04. The molecule has 0 amide bonds. The van der Waals surface area contributed by atoms with Crippen molar-refractivity contribution in [2.75, 3.05) is 0 Å². The first-order valence-electron chi connectivity index (χ1n) is 4.27. The van der Waals surface area contributed by atoms with E-state index in [9.17, 15) is 0 Å². The van der Waals surface area contributed by atoms with Crippen molar-refractivity contribution >= 4 is 5.84 Å². The summed E-state index contributed by atoms with van der Waals surface area (Å²) in [5.41, 5.74) is 16.1. The van der Waals surface area contributed by atoms with Crippen LogP contribution in [-0.2, 0) is 6.54 Å². The van der Waals surface area contributed by atoms with E-state index in [1.165, 1.54) is 0 Å². The number of aryl methyl sites for hydroxylation is 1. The minimum atomic E-state index is 0.0634. The maximum absolute atomic E-state index is 8.49. The van der Waals surface area contributed by atoms with E-state index in [2.05, 4.69) is 15.2 Å². The smallest absolute Gasteiger partial charge is 0.170 e. The van der Waals surface area contributed by atoms with Crippen LogP contribution in [0.15, 0.2) is 28.5 Å². The fourth-order valence-electron chi connectivity index (χ4n) is 1.20. The Morgan fingerprint density at radius 1 is 1.60 bits per heavy atom. The van der Waals surface area contributed by atoms with Crippen molar-refractivity contribution in [3.05, 3.63) is 45.3 Å². The zero-order chi connectivity index (χ0) is 11.3. The summed E-state index contributed by atoms with van der Waals surface area (Å²) >= 11 is 0. The molecule has 0 aromatic heterocycles. The summed E-state index contributed by atoms with van der Waals surface area (Å²) in [4.78, 5) is 2.68. The lowest BCUT2D eigenvalue weighted by atomic mass is 10.0. The van der Waals surface area contributed by atoms with Gasteiger partial charge in [0, 0.05) is 10.5 Å². The van der Waals surface area contributed by atoms with Crippen LogP contribution in [0, 0.1) is 6.92 Å². The molecule has 0 saturated carbocycles. The Labute approximate surface area is 86.6 Å². The molecule has 0 fully saturated rings. The average Bonchev–Trinajstić information content (AvgIpc) is 2.26. The molecule has 0 unspecified atom stereocenters. The van der Waals surface area contributed by atoms with Crippen LogP contribution in [0.1, 0.15) is 16.7 Å². The van der Waals surface area contributed by atoms with Crippen LogP contribution in [0.3, 0.4) is 0 Å². The van der Waals surface area contributed by atoms with E-state index in [-0.39, 0.29) is 5.84 Å². The Hall–Kier alpha value is -2.20. The Bertz CT molecular complexity index is 434. The van der Waals surface area contributed by atoms with Crippen molar-refractivity contribution in [3.63, 3.8) is 0 Å². The van der Waals surface area contributed by atoms with Gasteiger partial charge in [0.05, 0.1) is 6.54 Å². The second-order valence-corrected chi connectivity index (χ2v) is 3.02. The number of nitrogens with two attached hydrogens (primary N) is 1. The quantitative estimate of drug-likeness (QED) is 0.149. The molecule has 0 saturated heterocycles. The molecule has 1 aromatic rings. The van der Waals surface area contributed by atoms with Gasteiger partial charge in [0.15, 0.2) is 5.84 Å². The summed E-state index contributed by atoms with van der Waals surface area (Å²) in [7, 11) is 0. The molecule has 0 aliphatic heterocycles. The highest BCUT2D eigenvalue weighted by Gasteiger charge is 2.02. The molecular weight excluding hydrogens is 194 g/mol. The predicted octanol–water partition coefficient (Wildman–Crippen LogP) is 1.90. The van der Waals surface area contributed by atoms with Crippen molar-refractivity contribution in [2.24, 2.45) is 16.0 Å². The van der Waals surface area contributed by atoms with Crippen molar-refractivity contribution in [1.29, 1.82) is 0 Å². The van der Waals surface area contributed by atoms with Crippen LogP contribution in [-0.4, -0.2) is 11.0 Å². The van der Waals surface area contributed by atoms with Gasteiger partial charge < -0.3 is 10.9 Å². The van der Waals surface area contributed by atoms with Crippen LogP contribution in [0.4, 0.5) is 0 Å². The Morgan fingerprint density at radius 3 is 2.87 bits per heavy atom. The highest BCUT2D eigenvalue weighted by Crippen LogP contribution is 2.12. The molecule has 1 rings (SSSR count). The van der Waals surface area contributed by atoms with Crippen LogP contribution >= 0.6 is 0 Å². The summed E-state index contributed by atoms with van der Waals surface area (Å²) < 4.78 is 0. The molecule has 0 atom stereocenters. The zero-order valence-electron chi connectivity index (χ0n) is 8.25. The summed E-state index contributed by atoms with van der Waals surface area (Å²) in [6.45, 7) is 2.18. The predicted molar refractivity (Wildman–Crippen MR) is 56.5 cm³/mol. The second kappa shape index (κ2) is 4.88. The van der Waals surface area contributed by atoms with Gasteiger partial charge in [-0.3, -0.25) is 0 Å². The highest BCUT2D eigenvalue weighted by atomic mass is 16.4. The molecule has 0 bridgehead atoms. The molecule has 3 N–H and O–H groups in total. The molecule has 0 aliphatic carbocycles. The molecule has 15 heavy (non-hydrogen) atoms. The molecule has 0 heterocycles. The van der Waals surface area contributed by atoms with Crippen LogP contribution < -0.4 is 5.73 Å². The summed E-state index contributed by atoms with van der Waals surface area (Å²) in [6, 6.07) is 5.28. The Kier molecular flexibility index (Phi) is 3.54. The first-order valence-corrected chi connectivity index (χ1v) is 4.27. The topological polar surface area (TPSA) is 107 Å². The average molecular weight is 205 g/mol. The summed E-state index contributed by atoms with van der Waals surface area (Å²) in [5, 5.41) is 14.9. The fraction of sp³-hybridized carbons (Fsp3) is 0.222. The van der Waals surface area contributed by atoms with E-state index < -0.39 is 0 Å². The minimum Gasteiger partial charge on any atom is -0.409 e. The lowest BCUT2D eigenvalue weighted by Crippen LogP contribution is -2.13. The molecular formula is C9H11N5O. The van der Waals surface area contributed by atoms with Gasteiger partial charge in [-0.2, -0.15) is 0 Å². The number of rotatable bonds is 3. The molecule has 6 heteroatoms. The molecule has 0 spiro atoms. The number of benzene rings is 1. The van der Waals surface area contributed by atoms with E-state index in [1.807, 2.05) is 6.92 Å². The third-order valence-electron chi connectivity index (χ3n) is 2.05. The molecule has 0 radical (unpaired) electrons. The zero-order valence-corrected chi connectivity index (χ0v) is 8.25. The fourth-order valence-corrected chi connectivity index (χ4v) is 1.20. The number of hydrogen-bond acceptors (Lipinski definition) is 3. The third kappa shape index (κ3) is 2.62. The van der Waals surface area contributed by atoms with Crippen molar-refractivity contribution < 1.29 is 5.21 Å². The van der Waals surface area contributed by atoms with Gasteiger partial charge >= 0.3 is 0 Å². The lowest BCUT2D eigenvalue weighted by molar-refractivity contribution is 0.318. The number of azide groups is 1. The normalized spacial score (nSPS) is 10.9. The Balaban J connectivity index is 3.02. The van der Waals surface area contributed by atoms with Crippen LogP contribution in [0.25, 0.3) is 10.4 Å². The van der Waals surface area contributed by atoms with Gasteiger partial charge in [-0.05, 0) is 29.6 Å². The highest BCUT2D eigenvalue weighted by molar-refractivity contribution is 5.97. The maximum atomic E-state index is 8.49. The summed E-state index contributed by atoms with van der Waals surface area (Å²) in [5.74, 6) is 0.0634. The molecule has 78 valence electrons. The molecule has 6 nitrogen and oxygen atoms in total. The van der Waals surface area contributed by atoms with E-state index in [4.69, 9.17) is 16.5 Å². The Morgan fingerprint density at radius 2 is 2.33 bits per heavy atom. The number of amidine groups is 1. The van der Waals surface area contributed by atoms with Crippen LogP contribution in [0.5, 0.6) is 0 Å². The first-order chi connectivity index (χ1) is 7.19. The van der Waals surface area contributed by atoms with Crippen LogP contribution in [0.2, 0.25) is 0 Å². The molecule has 1 aromatic carbocycles. The van der Waals surface area contributed by atoms with E-state index in [0.717, 1.165) is 11.1 Å². The van der Waals surface area contributed by atoms with E-state index in [1.54, 1.807) is 18.2 Å². The van der Waals surface area contributed by atoms with Gasteiger partial charge in [-0.15, -0.1) is 0 Å². The molecule has 0 aliphatic rings. The van der Waals surface area contributed by atoms with Gasteiger partial charge in [-0.25, -0.2) is 0 Å². The van der Waals surface area contributed by atoms with Gasteiger partial charge in [0.2, 0.25) is 0 Å². The summed E-state index contributed by atoms with van der Waals surface area (Å²) in [6.07, 6.45) is 0. The standard InChI is InChI=1S/C9H11N5O/c1-6-4-7(9(10)13-15)2-3-8(6)5-12-14-11/h2-4,15H,5H2,1H3,(H2,10,13). The van der Waals surface area contributed by atoms with Crippen molar-refractivity contribution in [2.45, 2.75) is 13.5 Å². The number of hydrogen-bond donors (Lipinski definition) is 2. The van der Waals surface area contributed by atoms with E-state index >= 15 is 0 Å². The van der Waals surface area contributed by atoms with E-state index in [0.29, 0.717) is 12.1 Å². The largest absolute Gasteiger partial charge is 0.409 e. The number of oxime groups is 1. The first kappa shape index (κ1) is 10.9. The number of nitrogens with zero attached hydrogens (tertiary/aromatic N) is 4. The van der Waals surface area contributed by atoms with Gasteiger partial charge in [0.25, 0.3) is 0 Å². The third-order valence-corrected chi connectivity index (χ3v) is 2.05. The van der Waals surface area contributed by atoms with Crippen molar-refractivity contribution in [1.82, 2.24) is 0 Å². The SMILES string of the molecule is Cc1cc(/C(N)=N/O)ccc1CN=[N+]=[N-]. The maximum Gasteiger partial charge on any atom is 0.170 e. The monoisotopic (exact) mass is 205 g/mol. The van der Waals surface area contributed by atoms with Gasteiger partial charge in [-0.1, -0.05) is 22.4 Å². The second-order valence-electron chi connectivity index (χ2n) is 3.02. The minimum absolute atomic E-state index is 0.0634. The van der Waals surface area contributed by atoms with Gasteiger partial charge in [0.1, 0.15) is 0 Å². The van der Waals surface area contributed by atoms with Crippen molar-refractivity contribution in [3.8, 4) is 0 Å².